The fourth-order valence-corrected chi connectivity index (χ4v) is 3.18. The second kappa shape index (κ2) is 6.29. The smallest absolute Gasteiger partial charge is 0.273 e. The summed E-state index contributed by atoms with van der Waals surface area (Å²) in [5.74, 6) is 0.182. The molecule has 0 saturated heterocycles. The lowest BCUT2D eigenvalue weighted by Crippen LogP contribution is -2.35. The van der Waals surface area contributed by atoms with E-state index in [1.54, 1.807) is 6.92 Å². The Morgan fingerprint density at radius 2 is 2.04 bits per heavy atom. The molecule has 0 fully saturated rings. The number of fused-ring (bicyclic) bond motifs is 1. The summed E-state index contributed by atoms with van der Waals surface area (Å²) < 4.78 is 5.92. The summed E-state index contributed by atoms with van der Waals surface area (Å²) in [7, 11) is 0. The van der Waals surface area contributed by atoms with Crippen molar-refractivity contribution in [3.63, 3.8) is 0 Å². The van der Waals surface area contributed by atoms with Gasteiger partial charge in [0.05, 0.1) is 12.1 Å². The largest absolute Gasteiger partial charge is 0.292 e. The molecule has 0 atom stereocenters. The Hall–Kier alpha value is -2.54. The third-order valence-electron chi connectivity index (χ3n) is 3.51. The van der Waals surface area contributed by atoms with Crippen LogP contribution in [-0.2, 0) is 17.6 Å². The Labute approximate surface area is 136 Å². The Balaban J connectivity index is 1.91. The minimum absolute atomic E-state index is 0.202. The van der Waals surface area contributed by atoms with Crippen LogP contribution in [0, 0.1) is 6.92 Å². The summed E-state index contributed by atoms with van der Waals surface area (Å²) in [6.45, 7) is 3.67. The Morgan fingerprint density at radius 1 is 1.30 bits per heavy atom. The lowest BCUT2D eigenvalue weighted by atomic mass is 10.1. The van der Waals surface area contributed by atoms with Crippen molar-refractivity contribution in [2.75, 3.05) is 5.43 Å². The van der Waals surface area contributed by atoms with Crippen molar-refractivity contribution in [2.45, 2.75) is 26.7 Å². The van der Waals surface area contributed by atoms with Crippen LogP contribution in [0.5, 0.6) is 0 Å². The van der Waals surface area contributed by atoms with E-state index < -0.39 is 0 Å². The molecule has 0 aliphatic heterocycles. The topological polar surface area (TPSA) is 76.9 Å². The standard InChI is InChI=1S/C16H16N4O2S/c1-3-12-14-15(23-19-12)16(22)20(10(2)17-14)18-13(21)9-11-7-5-4-6-8-11/h4-8H,3,9H2,1-2H3,(H,18,21). The molecule has 0 spiro atoms. The molecule has 23 heavy (non-hydrogen) atoms. The number of nitrogens with zero attached hydrogens (tertiary/aromatic N) is 3. The molecule has 0 aliphatic carbocycles. The van der Waals surface area contributed by atoms with Crippen LogP contribution in [0.4, 0.5) is 0 Å². The molecule has 2 aromatic heterocycles. The second-order valence-electron chi connectivity index (χ2n) is 5.16. The molecule has 3 aromatic rings. The first-order chi connectivity index (χ1) is 11.1. The summed E-state index contributed by atoms with van der Waals surface area (Å²) >= 11 is 1.12. The van der Waals surface area contributed by atoms with E-state index in [2.05, 4.69) is 14.8 Å². The molecular weight excluding hydrogens is 312 g/mol. The van der Waals surface area contributed by atoms with E-state index >= 15 is 0 Å². The molecule has 0 radical (unpaired) electrons. The lowest BCUT2D eigenvalue weighted by Gasteiger charge is -2.11. The van der Waals surface area contributed by atoms with E-state index in [9.17, 15) is 9.59 Å². The van der Waals surface area contributed by atoms with Gasteiger partial charge in [0.2, 0.25) is 5.91 Å². The first-order valence-corrected chi connectivity index (χ1v) is 8.09. The predicted molar refractivity (Wildman–Crippen MR) is 90.3 cm³/mol. The zero-order valence-electron chi connectivity index (χ0n) is 12.9. The van der Waals surface area contributed by atoms with Gasteiger partial charge in [0.1, 0.15) is 16.0 Å². The third-order valence-corrected chi connectivity index (χ3v) is 4.37. The number of hydrogen-bond donors (Lipinski definition) is 1. The molecule has 1 N–H and O–H groups in total. The lowest BCUT2D eigenvalue weighted by molar-refractivity contribution is -0.116. The molecule has 2 heterocycles. The van der Waals surface area contributed by atoms with Crippen LogP contribution in [0.1, 0.15) is 24.0 Å². The van der Waals surface area contributed by atoms with Gasteiger partial charge in [-0.15, -0.1) is 0 Å². The maximum absolute atomic E-state index is 12.5. The minimum Gasteiger partial charge on any atom is -0.273 e. The van der Waals surface area contributed by atoms with Crippen LogP contribution >= 0.6 is 11.5 Å². The fraction of sp³-hybridized carbons (Fsp3) is 0.250. The third kappa shape index (κ3) is 3.00. The van der Waals surface area contributed by atoms with Gasteiger partial charge in [-0.3, -0.25) is 15.0 Å². The average molecular weight is 328 g/mol. The van der Waals surface area contributed by atoms with Crippen LogP contribution in [0.3, 0.4) is 0 Å². The molecule has 0 unspecified atom stereocenters. The monoisotopic (exact) mass is 328 g/mol. The van der Waals surface area contributed by atoms with Gasteiger partial charge in [0, 0.05) is 0 Å². The van der Waals surface area contributed by atoms with Gasteiger partial charge in [-0.25, -0.2) is 9.66 Å². The molecule has 0 saturated carbocycles. The molecule has 0 aliphatic rings. The SMILES string of the molecule is CCc1nsc2c(=O)n(NC(=O)Cc3ccccc3)c(C)nc12. The minimum atomic E-state index is -0.286. The highest BCUT2D eigenvalue weighted by atomic mass is 32.1. The van der Waals surface area contributed by atoms with Crippen LogP contribution < -0.4 is 11.0 Å². The van der Waals surface area contributed by atoms with Gasteiger partial charge >= 0.3 is 0 Å². The zero-order chi connectivity index (χ0) is 16.4. The van der Waals surface area contributed by atoms with Crippen molar-refractivity contribution in [3.8, 4) is 0 Å². The highest BCUT2D eigenvalue weighted by Crippen LogP contribution is 2.17. The number of aryl methyl sites for hydroxylation is 2. The van der Waals surface area contributed by atoms with Gasteiger partial charge in [0.25, 0.3) is 5.56 Å². The van der Waals surface area contributed by atoms with Crippen LogP contribution in [0.2, 0.25) is 0 Å². The van der Waals surface area contributed by atoms with Crippen molar-refractivity contribution >= 4 is 27.7 Å². The molecule has 0 bridgehead atoms. The van der Waals surface area contributed by atoms with Gasteiger partial charge in [-0.2, -0.15) is 4.37 Å². The van der Waals surface area contributed by atoms with E-state index in [1.807, 2.05) is 37.3 Å². The van der Waals surface area contributed by atoms with Gasteiger partial charge in [-0.1, -0.05) is 37.3 Å². The van der Waals surface area contributed by atoms with Gasteiger partial charge in [0.15, 0.2) is 0 Å². The summed E-state index contributed by atoms with van der Waals surface area (Å²) in [5, 5.41) is 0. The quantitative estimate of drug-likeness (QED) is 0.795. The van der Waals surface area contributed by atoms with Crippen molar-refractivity contribution in [3.05, 3.63) is 57.8 Å². The summed E-state index contributed by atoms with van der Waals surface area (Å²) in [6.07, 6.45) is 0.921. The first-order valence-electron chi connectivity index (χ1n) is 7.32. The Morgan fingerprint density at radius 3 is 2.74 bits per heavy atom. The summed E-state index contributed by atoms with van der Waals surface area (Å²) in [5.41, 5.74) is 4.67. The Bertz CT molecular complexity index is 915. The Kier molecular flexibility index (Phi) is 4.20. The normalized spacial score (nSPS) is 10.9. The number of benzene rings is 1. The molecule has 1 amide bonds. The predicted octanol–water partition coefficient (Wildman–Crippen LogP) is 2.04. The summed E-state index contributed by atoms with van der Waals surface area (Å²) in [6, 6.07) is 9.37. The maximum Gasteiger partial charge on any atom is 0.292 e. The molecule has 118 valence electrons. The van der Waals surface area contributed by atoms with Crippen molar-refractivity contribution in [1.82, 2.24) is 14.0 Å². The van der Waals surface area contributed by atoms with Crippen molar-refractivity contribution in [1.29, 1.82) is 0 Å². The van der Waals surface area contributed by atoms with E-state index in [1.165, 1.54) is 4.68 Å². The number of amides is 1. The highest BCUT2D eigenvalue weighted by Gasteiger charge is 2.15. The van der Waals surface area contributed by atoms with Gasteiger partial charge in [-0.05, 0) is 30.4 Å². The van der Waals surface area contributed by atoms with Crippen LogP contribution in [-0.4, -0.2) is 19.9 Å². The first kappa shape index (κ1) is 15.4. The fourth-order valence-electron chi connectivity index (χ4n) is 2.34. The van der Waals surface area contributed by atoms with Crippen LogP contribution in [0.25, 0.3) is 10.2 Å². The number of hydrogen-bond acceptors (Lipinski definition) is 5. The number of rotatable bonds is 4. The highest BCUT2D eigenvalue weighted by molar-refractivity contribution is 7.13. The van der Waals surface area contributed by atoms with E-state index in [0.717, 1.165) is 29.2 Å². The molecular formula is C16H16N4O2S. The summed E-state index contributed by atoms with van der Waals surface area (Å²) in [4.78, 5) is 29.1. The number of carbonyl (C=O) groups excluding carboxylic acids is 1. The molecule has 1 aromatic carbocycles. The van der Waals surface area contributed by atoms with Crippen LogP contribution in [0.15, 0.2) is 35.1 Å². The molecule has 7 heteroatoms. The van der Waals surface area contributed by atoms with Crippen molar-refractivity contribution in [2.24, 2.45) is 0 Å². The van der Waals surface area contributed by atoms with E-state index in [-0.39, 0.29) is 17.9 Å². The van der Waals surface area contributed by atoms with Crippen molar-refractivity contribution < 1.29 is 4.79 Å². The molecule has 6 nitrogen and oxygen atoms in total. The number of aromatic nitrogens is 3. The maximum atomic E-state index is 12.5. The second-order valence-corrected chi connectivity index (χ2v) is 5.93. The van der Waals surface area contributed by atoms with E-state index in [4.69, 9.17) is 0 Å². The van der Waals surface area contributed by atoms with Gasteiger partial charge < -0.3 is 0 Å². The number of nitrogens with one attached hydrogen (secondary N) is 1. The molecule has 3 rings (SSSR count). The number of carbonyl (C=O) groups is 1. The average Bonchev–Trinajstić information content (AvgIpc) is 2.95. The van der Waals surface area contributed by atoms with E-state index in [0.29, 0.717) is 16.0 Å². The zero-order valence-corrected chi connectivity index (χ0v) is 13.7.